The van der Waals surface area contributed by atoms with Crippen molar-refractivity contribution in [3.63, 3.8) is 0 Å². The minimum Gasteiger partial charge on any atom is -0.461 e. The molecule has 4 rings (SSSR count). The highest BCUT2D eigenvalue weighted by atomic mass is 16.5. The van der Waals surface area contributed by atoms with E-state index in [1.807, 2.05) is 0 Å². The first-order chi connectivity index (χ1) is 13.2. The molecule has 0 N–H and O–H groups in total. The van der Waals surface area contributed by atoms with Crippen LogP contribution in [0.25, 0.3) is 11.6 Å². The normalized spacial score (nSPS) is 13.9. The molecule has 1 saturated heterocycles. The fraction of sp³-hybridized carbons (Fsp3) is 0.263. The van der Waals surface area contributed by atoms with Crippen molar-refractivity contribution in [2.24, 2.45) is 0 Å². The topological polar surface area (TPSA) is 98.7 Å². The molecule has 2 aromatic heterocycles. The van der Waals surface area contributed by atoms with E-state index in [1.54, 1.807) is 41.3 Å². The van der Waals surface area contributed by atoms with E-state index in [9.17, 15) is 9.59 Å². The third kappa shape index (κ3) is 3.89. The molecule has 0 aliphatic carbocycles. The number of carbonyl (C=O) groups is 2. The van der Waals surface area contributed by atoms with E-state index in [0.717, 1.165) is 18.7 Å². The van der Waals surface area contributed by atoms with Crippen LogP contribution in [0, 0.1) is 0 Å². The standard InChI is InChI=1S/C19H17N3O5/c23-17-4-1-11-22(17)13-5-7-14(8-6-13)26-18(24)10-9-16-20-19(21-27-16)15-3-2-12-25-15/h2-3,5-8,12H,1,4,9-11H2. The third-order valence-electron chi connectivity index (χ3n) is 4.21. The van der Waals surface area contributed by atoms with E-state index in [2.05, 4.69) is 10.1 Å². The molecule has 3 heterocycles. The van der Waals surface area contributed by atoms with Gasteiger partial charge in [0.25, 0.3) is 0 Å². The molecule has 0 atom stereocenters. The van der Waals surface area contributed by atoms with Crippen molar-refractivity contribution >= 4 is 17.6 Å². The van der Waals surface area contributed by atoms with Crippen molar-refractivity contribution in [2.75, 3.05) is 11.4 Å². The maximum absolute atomic E-state index is 12.0. The molecule has 0 spiro atoms. The number of carbonyl (C=O) groups excluding carboxylic acids is 2. The van der Waals surface area contributed by atoms with Gasteiger partial charge in [-0.2, -0.15) is 4.98 Å². The molecule has 1 amide bonds. The lowest BCUT2D eigenvalue weighted by Gasteiger charge is -2.15. The maximum atomic E-state index is 12.0. The van der Waals surface area contributed by atoms with E-state index in [4.69, 9.17) is 13.7 Å². The van der Waals surface area contributed by atoms with Crippen LogP contribution >= 0.6 is 0 Å². The van der Waals surface area contributed by atoms with Crippen molar-refractivity contribution in [3.8, 4) is 17.3 Å². The van der Waals surface area contributed by atoms with Gasteiger partial charge in [0, 0.05) is 25.1 Å². The number of aromatic nitrogens is 2. The number of ether oxygens (including phenoxy) is 1. The first-order valence-electron chi connectivity index (χ1n) is 8.66. The van der Waals surface area contributed by atoms with Crippen LogP contribution in [-0.2, 0) is 16.0 Å². The second-order valence-corrected chi connectivity index (χ2v) is 6.11. The quantitative estimate of drug-likeness (QED) is 0.488. The highest BCUT2D eigenvalue weighted by molar-refractivity contribution is 5.95. The molecule has 1 aromatic carbocycles. The summed E-state index contributed by atoms with van der Waals surface area (Å²) >= 11 is 0. The van der Waals surface area contributed by atoms with Crippen LogP contribution in [0.2, 0.25) is 0 Å². The number of benzene rings is 1. The summed E-state index contributed by atoms with van der Waals surface area (Å²) in [6.45, 7) is 0.724. The molecule has 1 aliphatic rings. The van der Waals surface area contributed by atoms with Gasteiger partial charge in [0.2, 0.25) is 17.6 Å². The Hall–Kier alpha value is -3.42. The second-order valence-electron chi connectivity index (χ2n) is 6.11. The van der Waals surface area contributed by atoms with Crippen LogP contribution in [0.1, 0.15) is 25.2 Å². The molecule has 8 nitrogen and oxygen atoms in total. The number of nitrogens with zero attached hydrogens (tertiary/aromatic N) is 3. The lowest BCUT2D eigenvalue weighted by molar-refractivity contribution is -0.134. The highest BCUT2D eigenvalue weighted by Gasteiger charge is 2.21. The SMILES string of the molecule is O=C(CCc1nc(-c2ccco2)no1)Oc1ccc(N2CCCC2=O)cc1. The van der Waals surface area contributed by atoms with Crippen molar-refractivity contribution < 1.29 is 23.3 Å². The van der Waals surface area contributed by atoms with Gasteiger partial charge >= 0.3 is 5.97 Å². The van der Waals surface area contributed by atoms with Crippen LogP contribution in [-0.4, -0.2) is 28.6 Å². The van der Waals surface area contributed by atoms with Gasteiger partial charge in [-0.05, 0) is 42.8 Å². The van der Waals surface area contributed by atoms with Crippen LogP contribution in [0.4, 0.5) is 5.69 Å². The number of aryl methyl sites for hydroxylation is 1. The van der Waals surface area contributed by atoms with Gasteiger partial charge in [-0.3, -0.25) is 9.59 Å². The molecular formula is C19H17N3O5. The van der Waals surface area contributed by atoms with Crippen molar-refractivity contribution in [2.45, 2.75) is 25.7 Å². The van der Waals surface area contributed by atoms with Crippen LogP contribution < -0.4 is 9.64 Å². The minimum atomic E-state index is -0.405. The van der Waals surface area contributed by atoms with E-state index >= 15 is 0 Å². The molecular weight excluding hydrogens is 350 g/mol. The van der Waals surface area contributed by atoms with Crippen LogP contribution in [0.15, 0.2) is 51.6 Å². The molecule has 138 valence electrons. The number of esters is 1. The number of hydrogen-bond donors (Lipinski definition) is 0. The molecule has 0 unspecified atom stereocenters. The predicted molar refractivity (Wildman–Crippen MR) is 94.0 cm³/mol. The van der Waals surface area contributed by atoms with Gasteiger partial charge < -0.3 is 18.6 Å². The predicted octanol–water partition coefficient (Wildman–Crippen LogP) is 2.99. The summed E-state index contributed by atoms with van der Waals surface area (Å²) in [4.78, 5) is 29.7. The van der Waals surface area contributed by atoms with E-state index in [-0.39, 0.29) is 18.7 Å². The highest BCUT2D eigenvalue weighted by Crippen LogP contribution is 2.24. The Balaban J connectivity index is 1.30. The van der Waals surface area contributed by atoms with Gasteiger partial charge in [-0.1, -0.05) is 5.16 Å². The number of amides is 1. The Labute approximate surface area is 154 Å². The summed E-state index contributed by atoms with van der Waals surface area (Å²) in [5.74, 6) is 1.32. The first-order valence-corrected chi connectivity index (χ1v) is 8.66. The number of furan rings is 1. The minimum absolute atomic E-state index is 0.103. The zero-order valence-corrected chi connectivity index (χ0v) is 14.5. The molecule has 0 saturated carbocycles. The lowest BCUT2D eigenvalue weighted by atomic mass is 10.2. The van der Waals surface area contributed by atoms with E-state index in [1.165, 1.54) is 6.26 Å². The van der Waals surface area contributed by atoms with E-state index < -0.39 is 5.97 Å². The Kier molecular flexibility index (Phi) is 4.69. The fourth-order valence-electron chi connectivity index (χ4n) is 2.87. The number of rotatable bonds is 6. The van der Waals surface area contributed by atoms with Gasteiger partial charge in [0.05, 0.1) is 12.7 Å². The summed E-state index contributed by atoms with van der Waals surface area (Å²) in [5, 5.41) is 3.81. The zero-order valence-electron chi connectivity index (χ0n) is 14.5. The molecule has 1 fully saturated rings. The summed E-state index contributed by atoms with van der Waals surface area (Å²) in [6, 6.07) is 10.4. The van der Waals surface area contributed by atoms with Gasteiger partial charge in [0.15, 0.2) is 5.76 Å². The summed E-state index contributed by atoms with van der Waals surface area (Å²) in [5.41, 5.74) is 0.814. The van der Waals surface area contributed by atoms with Gasteiger partial charge in [-0.25, -0.2) is 0 Å². The van der Waals surface area contributed by atoms with Gasteiger partial charge in [-0.15, -0.1) is 0 Å². The fourth-order valence-corrected chi connectivity index (χ4v) is 2.87. The largest absolute Gasteiger partial charge is 0.461 e. The summed E-state index contributed by atoms with van der Waals surface area (Å²) < 4.78 is 15.6. The van der Waals surface area contributed by atoms with E-state index in [0.29, 0.717) is 29.6 Å². The number of anilines is 1. The first kappa shape index (κ1) is 17.0. The summed E-state index contributed by atoms with van der Waals surface area (Å²) in [7, 11) is 0. The zero-order chi connectivity index (χ0) is 18.6. The van der Waals surface area contributed by atoms with Crippen molar-refractivity contribution in [1.29, 1.82) is 0 Å². The Bertz CT molecular complexity index is 931. The van der Waals surface area contributed by atoms with Crippen molar-refractivity contribution in [3.05, 3.63) is 48.6 Å². The van der Waals surface area contributed by atoms with Gasteiger partial charge in [0.1, 0.15) is 5.75 Å². The summed E-state index contributed by atoms with van der Waals surface area (Å²) in [6.07, 6.45) is 3.34. The molecule has 1 aliphatic heterocycles. The third-order valence-corrected chi connectivity index (χ3v) is 4.21. The molecule has 8 heteroatoms. The molecule has 0 bridgehead atoms. The number of hydrogen-bond acceptors (Lipinski definition) is 7. The van der Waals surface area contributed by atoms with Crippen LogP contribution in [0.3, 0.4) is 0 Å². The Morgan fingerprint density at radius 1 is 1.22 bits per heavy atom. The average molecular weight is 367 g/mol. The second kappa shape index (κ2) is 7.45. The maximum Gasteiger partial charge on any atom is 0.311 e. The lowest BCUT2D eigenvalue weighted by Crippen LogP contribution is -2.23. The van der Waals surface area contributed by atoms with Crippen molar-refractivity contribution in [1.82, 2.24) is 10.1 Å². The monoisotopic (exact) mass is 367 g/mol. The Morgan fingerprint density at radius 2 is 2.07 bits per heavy atom. The smallest absolute Gasteiger partial charge is 0.311 e. The Morgan fingerprint density at radius 3 is 2.78 bits per heavy atom. The molecule has 3 aromatic rings. The van der Waals surface area contributed by atoms with Crippen LogP contribution in [0.5, 0.6) is 5.75 Å². The molecule has 27 heavy (non-hydrogen) atoms. The average Bonchev–Trinajstić information content (AvgIpc) is 3.42. The molecule has 0 radical (unpaired) electrons.